The third-order valence-electron chi connectivity index (χ3n) is 2.84. The van der Waals surface area contributed by atoms with Gasteiger partial charge in [-0.1, -0.05) is 19.4 Å². The van der Waals surface area contributed by atoms with Crippen LogP contribution in [0.15, 0.2) is 22.6 Å². The van der Waals surface area contributed by atoms with Crippen LogP contribution in [0.3, 0.4) is 0 Å². The molecule has 0 aliphatic carbocycles. The van der Waals surface area contributed by atoms with Crippen molar-refractivity contribution in [1.29, 1.82) is 0 Å². The van der Waals surface area contributed by atoms with Gasteiger partial charge in [-0.25, -0.2) is 4.39 Å². The van der Waals surface area contributed by atoms with Crippen molar-refractivity contribution >= 4 is 11.0 Å². The number of furan rings is 1. The van der Waals surface area contributed by atoms with Crippen molar-refractivity contribution in [3.8, 4) is 0 Å². The lowest BCUT2D eigenvalue weighted by Crippen LogP contribution is -2.08. The van der Waals surface area contributed by atoms with Gasteiger partial charge in [0.25, 0.3) is 0 Å². The van der Waals surface area contributed by atoms with Crippen molar-refractivity contribution < 1.29 is 8.81 Å². The van der Waals surface area contributed by atoms with Crippen LogP contribution in [-0.2, 0) is 0 Å². The van der Waals surface area contributed by atoms with E-state index in [0.29, 0.717) is 11.3 Å². The van der Waals surface area contributed by atoms with Crippen LogP contribution in [0.5, 0.6) is 0 Å². The van der Waals surface area contributed by atoms with Crippen LogP contribution in [0.1, 0.15) is 37.1 Å². The van der Waals surface area contributed by atoms with E-state index in [-0.39, 0.29) is 11.9 Å². The first-order valence-corrected chi connectivity index (χ1v) is 5.57. The van der Waals surface area contributed by atoms with Gasteiger partial charge in [0.05, 0.1) is 6.04 Å². The second-order valence-electron chi connectivity index (χ2n) is 4.15. The van der Waals surface area contributed by atoms with Crippen LogP contribution in [-0.4, -0.2) is 0 Å². The van der Waals surface area contributed by atoms with Crippen LogP contribution in [0.4, 0.5) is 4.39 Å². The Labute approximate surface area is 94.2 Å². The monoisotopic (exact) mass is 221 g/mol. The third kappa shape index (κ3) is 1.83. The second kappa shape index (κ2) is 4.26. The highest BCUT2D eigenvalue weighted by Gasteiger charge is 2.14. The minimum atomic E-state index is -0.324. The van der Waals surface area contributed by atoms with Gasteiger partial charge in [-0.05, 0) is 31.0 Å². The molecule has 1 atom stereocenters. The summed E-state index contributed by atoms with van der Waals surface area (Å²) in [6, 6.07) is 4.89. The SMILES string of the molecule is CCCC(N)c1cc2c(C)ccc(F)c2o1. The van der Waals surface area contributed by atoms with E-state index < -0.39 is 0 Å². The zero-order chi connectivity index (χ0) is 11.7. The van der Waals surface area contributed by atoms with Gasteiger partial charge in [0, 0.05) is 5.39 Å². The molecule has 2 nitrogen and oxygen atoms in total. The first kappa shape index (κ1) is 11.1. The summed E-state index contributed by atoms with van der Waals surface area (Å²) in [6.45, 7) is 4.00. The Balaban J connectivity index is 2.51. The average molecular weight is 221 g/mol. The van der Waals surface area contributed by atoms with Crippen LogP contribution >= 0.6 is 0 Å². The Hall–Kier alpha value is -1.35. The fourth-order valence-corrected chi connectivity index (χ4v) is 1.88. The molecular formula is C13H16FNO. The van der Waals surface area contributed by atoms with Gasteiger partial charge in [-0.2, -0.15) is 0 Å². The van der Waals surface area contributed by atoms with Crippen molar-refractivity contribution in [2.75, 3.05) is 0 Å². The molecule has 2 aromatic rings. The van der Waals surface area contributed by atoms with Crippen molar-refractivity contribution in [2.45, 2.75) is 32.7 Å². The summed E-state index contributed by atoms with van der Waals surface area (Å²) >= 11 is 0. The maximum absolute atomic E-state index is 13.5. The maximum Gasteiger partial charge on any atom is 0.170 e. The standard InChI is InChI=1S/C13H16FNO/c1-3-4-11(15)12-7-9-8(2)5-6-10(14)13(9)16-12/h5-7,11H,3-4,15H2,1-2H3. The van der Waals surface area contributed by atoms with E-state index in [0.717, 1.165) is 23.8 Å². The fraction of sp³-hybridized carbons (Fsp3) is 0.385. The van der Waals surface area contributed by atoms with E-state index >= 15 is 0 Å². The quantitative estimate of drug-likeness (QED) is 0.858. The number of aryl methyl sites for hydroxylation is 1. The summed E-state index contributed by atoms with van der Waals surface area (Å²) in [6.07, 6.45) is 1.83. The van der Waals surface area contributed by atoms with E-state index in [1.54, 1.807) is 6.07 Å². The molecule has 86 valence electrons. The van der Waals surface area contributed by atoms with E-state index in [1.165, 1.54) is 6.07 Å². The van der Waals surface area contributed by atoms with E-state index in [9.17, 15) is 4.39 Å². The first-order valence-electron chi connectivity index (χ1n) is 5.57. The molecule has 0 aliphatic heterocycles. The summed E-state index contributed by atoms with van der Waals surface area (Å²) in [7, 11) is 0. The van der Waals surface area contributed by atoms with Crippen LogP contribution in [0, 0.1) is 12.7 Å². The molecule has 2 rings (SSSR count). The maximum atomic E-state index is 13.5. The zero-order valence-corrected chi connectivity index (χ0v) is 9.59. The van der Waals surface area contributed by atoms with Crippen LogP contribution in [0.25, 0.3) is 11.0 Å². The molecule has 1 aromatic heterocycles. The summed E-state index contributed by atoms with van der Waals surface area (Å²) in [4.78, 5) is 0. The first-order chi connectivity index (χ1) is 7.63. The minimum absolute atomic E-state index is 0.142. The molecule has 16 heavy (non-hydrogen) atoms. The normalized spacial score (nSPS) is 13.2. The summed E-state index contributed by atoms with van der Waals surface area (Å²) in [5.41, 5.74) is 7.28. The Morgan fingerprint density at radius 1 is 1.44 bits per heavy atom. The number of halogens is 1. The van der Waals surface area contributed by atoms with Gasteiger partial charge >= 0.3 is 0 Å². The number of fused-ring (bicyclic) bond motifs is 1. The molecule has 1 unspecified atom stereocenters. The summed E-state index contributed by atoms with van der Waals surface area (Å²) in [5, 5.41) is 0.821. The second-order valence-corrected chi connectivity index (χ2v) is 4.15. The van der Waals surface area contributed by atoms with Gasteiger partial charge in [0.1, 0.15) is 5.76 Å². The Kier molecular flexibility index (Phi) is 2.97. The lowest BCUT2D eigenvalue weighted by Gasteiger charge is -2.04. The van der Waals surface area contributed by atoms with Gasteiger partial charge < -0.3 is 10.2 Å². The Morgan fingerprint density at radius 3 is 2.81 bits per heavy atom. The number of hydrogen-bond donors (Lipinski definition) is 1. The summed E-state index contributed by atoms with van der Waals surface area (Å²) in [5.74, 6) is 0.348. The highest BCUT2D eigenvalue weighted by Crippen LogP contribution is 2.29. The average Bonchev–Trinajstić information content (AvgIpc) is 2.70. The number of hydrogen-bond acceptors (Lipinski definition) is 2. The van der Waals surface area contributed by atoms with E-state index in [4.69, 9.17) is 10.2 Å². The molecule has 0 radical (unpaired) electrons. The molecule has 0 spiro atoms. The lowest BCUT2D eigenvalue weighted by molar-refractivity contribution is 0.463. The largest absolute Gasteiger partial charge is 0.456 e. The fourth-order valence-electron chi connectivity index (χ4n) is 1.88. The smallest absolute Gasteiger partial charge is 0.170 e. The molecule has 3 heteroatoms. The van der Waals surface area contributed by atoms with Gasteiger partial charge in [-0.15, -0.1) is 0 Å². The topological polar surface area (TPSA) is 39.2 Å². The third-order valence-corrected chi connectivity index (χ3v) is 2.84. The molecule has 0 saturated carbocycles. The molecule has 0 aliphatic rings. The van der Waals surface area contributed by atoms with E-state index in [2.05, 4.69) is 6.92 Å². The Morgan fingerprint density at radius 2 is 2.19 bits per heavy atom. The molecular weight excluding hydrogens is 205 g/mol. The highest BCUT2D eigenvalue weighted by atomic mass is 19.1. The molecule has 1 heterocycles. The number of benzene rings is 1. The molecule has 1 aromatic carbocycles. The number of rotatable bonds is 3. The summed E-state index contributed by atoms with van der Waals surface area (Å²) < 4.78 is 19.0. The van der Waals surface area contributed by atoms with Crippen LogP contribution < -0.4 is 5.73 Å². The molecule has 0 amide bonds. The van der Waals surface area contributed by atoms with Gasteiger partial charge in [0.2, 0.25) is 0 Å². The predicted molar refractivity (Wildman–Crippen MR) is 62.7 cm³/mol. The van der Waals surface area contributed by atoms with Crippen molar-refractivity contribution in [3.63, 3.8) is 0 Å². The lowest BCUT2D eigenvalue weighted by atomic mass is 10.1. The zero-order valence-electron chi connectivity index (χ0n) is 9.59. The predicted octanol–water partition coefficient (Wildman–Crippen LogP) is 3.68. The van der Waals surface area contributed by atoms with Gasteiger partial charge in [-0.3, -0.25) is 0 Å². The highest BCUT2D eigenvalue weighted by molar-refractivity contribution is 5.82. The number of nitrogens with two attached hydrogens (primary N) is 1. The van der Waals surface area contributed by atoms with Crippen molar-refractivity contribution in [3.05, 3.63) is 35.3 Å². The Bertz CT molecular complexity index is 465. The molecule has 0 bridgehead atoms. The van der Waals surface area contributed by atoms with Gasteiger partial charge in [0.15, 0.2) is 11.4 Å². The molecule has 0 saturated heterocycles. The molecule has 0 fully saturated rings. The van der Waals surface area contributed by atoms with Crippen molar-refractivity contribution in [1.82, 2.24) is 0 Å². The minimum Gasteiger partial charge on any atom is -0.456 e. The van der Waals surface area contributed by atoms with Crippen molar-refractivity contribution in [2.24, 2.45) is 5.73 Å². The van der Waals surface area contributed by atoms with E-state index in [1.807, 2.05) is 13.0 Å². The molecule has 2 N–H and O–H groups in total. The van der Waals surface area contributed by atoms with Crippen LogP contribution in [0.2, 0.25) is 0 Å².